The number of ether oxygens (including phenoxy) is 3. The highest BCUT2D eigenvalue weighted by atomic mass is 16.6. The van der Waals surface area contributed by atoms with E-state index in [9.17, 15) is 14.4 Å². The Morgan fingerprint density at radius 2 is 0.529 bits per heavy atom. The second kappa shape index (κ2) is 57.6. The first-order chi connectivity index (χ1) is 34.5. The van der Waals surface area contributed by atoms with Crippen molar-refractivity contribution in [2.45, 2.75) is 264 Å². The molecule has 0 N–H and O–H groups in total. The van der Waals surface area contributed by atoms with Crippen LogP contribution in [-0.4, -0.2) is 37.2 Å². The average Bonchev–Trinajstić information content (AvgIpc) is 3.36. The molecule has 1 atom stereocenters. The molecule has 70 heavy (non-hydrogen) atoms. The predicted octanol–water partition coefficient (Wildman–Crippen LogP) is 19.5. The maximum absolute atomic E-state index is 12.8. The largest absolute Gasteiger partial charge is 0.462 e. The molecule has 0 spiro atoms. The average molecular weight is 972 g/mol. The van der Waals surface area contributed by atoms with Crippen LogP contribution >= 0.6 is 0 Å². The molecule has 398 valence electrons. The maximum Gasteiger partial charge on any atom is 0.306 e. The number of hydrogen-bond acceptors (Lipinski definition) is 6. The van der Waals surface area contributed by atoms with Gasteiger partial charge in [-0.25, -0.2) is 0 Å². The van der Waals surface area contributed by atoms with E-state index < -0.39 is 6.10 Å². The monoisotopic (exact) mass is 971 g/mol. The molecule has 0 fully saturated rings. The highest BCUT2D eigenvalue weighted by Gasteiger charge is 2.19. The van der Waals surface area contributed by atoms with E-state index in [1.807, 2.05) is 0 Å². The molecule has 0 bridgehead atoms. The van der Waals surface area contributed by atoms with Crippen molar-refractivity contribution in [1.29, 1.82) is 0 Å². The van der Waals surface area contributed by atoms with E-state index in [4.69, 9.17) is 14.2 Å². The standard InChI is InChI=1S/C64H106O6/c1-4-7-10-13-16-19-22-25-28-31-34-36-39-42-45-48-51-54-57-63(66)69-60-61(70-64(67)58-55-52-49-46-43-40-37-33-30-27-24-21-18-15-12-9-6-3)59-68-62(65)56-53-50-47-44-41-38-35-32-29-26-23-20-17-14-11-8-5-2/h17-18,20-21,26-27,29-30,34-38,40,44,46-47,49,61H,4-16,19,22-25,28,31-33,39,41-43,45,48,50-60H2,1-3H3/b20-17-,21-18-,29-26-,30-27-,36-34-,38-35-,40-37-,47-44-,49-46-. The molecule has 0 heterocycles. The molecule has 0 aromatic heterocycles. The van der Waals surface area contributed by atoms with Gasteiger partial charge in [-0.05, 0) is 122 Å². The van der Waals surface area contributed by atoms with Crippen LogP contribution in [0.5, 0.6) is 0 Å². The van der Waals surface area contributed by atoms with Crippen molar-refractivity contribution in [3.63, 3.8) is 0 Å². The fourth-order valence-corrected chi connectivity index (χ4v) is 7.60. The van der Waals surface area contributed by atoms with E-state index in [-0.39, 0.29) is 44.0 Å². The minimum absolute atomic E-state index is 0.122. The van der Waals surface area contributed by atoms with Gasteiger partial charge in [-0.1, -0.05) is 226 Å². The van der Waals surface area contributed by atoms with Crippen LogP contribution in [0.3, 0.4) is 0 Å². The molecule has 1 unspecified atom stereocenters. The first-order valence-corrected chi connectivity index (χ1v) is 28.9. The normalized spacial score (nSPS) is 12.9. The van der Waals surface area contributed by atoms with Gasteiger partial charge < -0.3 is 14.2 Å². The number of carbonyl (C=O) groups is 3. The molecule has 0 aliphatic carbocycles. The van der Waals surface area contributed by atoms with E-state index in [1.54, 1.807) is 0 Å². The molecule has 0 saturated heterocycles. The summed E-state index contributed by atoms with van der Waals surface area (Å²) in [4.78, 5) is 38.1. The Morgan fingerprint density at radius 3 is 0.900 bits per heavy atom. The van der Waals surface area contributed by atoms with Crippen molar-refractivity contribution >= 4 is 17.9 Å². The first kappa shape index (κ1) is 66.1. The van der Waals surface area contributed by atoms with Gasteiger partial charge in [0.05, 0.1) is 0 Å². The fraction of sp³-hybridized carbons (Fsp3) is 0.672. The molecule has 0 aromatic carbocycles. The minimum Gasteiger partial charge on any atom is -0.462 e. The third-order valence-corrected chi connectivity index (χ3v) is 12.0. The number of hydrogen-bond donors (Lipinski definition) is 0. The lowest BCUT2D eigenvalue weighted by Gasteiger charge is -2.18. The molecule has 0 aromatic rings. The Morgan fingerprint density at radius 1 is 0.286 bits per heavy atom. The summed E-state index contributed by atoms with van der Waals surface area (Å²) in [6.45, 7) is 6.49. The van der Waals surface area contributed by atoms with E-state index in [1.165, 1.54) is 122 Å². The summed E-state index contributed by atoms with van der Waals surface area (Å²) in [6.07, 6.45) is 78.0. The van der Waals surface area contributed by atoms with Crippen LogP contribution in [0, 0.1) is 0 Å². The van der Waals surface area contributed by atoms with Gasteiger partial charge in [-0.15, -0.1) is 0 Å². The number of unbranched alkanes of at least 4 members (excludes halogenated alkanes) is 22. The molecule has 0 radical (unpaired) electrons. The summed E-state index contributed by atoms with van der Waals surface area (Å²) < 4.78 is 16.8. The van der Waals surface area contributed by atoms with Gasteiger partial charge in [0.25, 0.3) is 0 Å². The number of carbonyl (C=O) groups excluding carboxylic acids is 3. The fourth-order valence-electron chi connectivity index (χ4n) is 7.60. The summed E-state index contributed by atoms with van der Waals surface area (Å²) in [7, 11) is 0. The summed E-state index contributed by atoms with van der Waals surface area (Å²) in [5.41, 5.74) is 0. The molecule has 0 rings (SSSR count). The highest BCUT2D eigenvalue weighted by molar-refractivity contribution is 5.71. The van der Waals surface area contributed by atoms with Crippen LogP contribution in [-0.2, 0) is 28.6 Å². The number of rotatable bonds is 51. The van der Waals surface area contributed by atoms with Crippen LogP contribution in [0.15, 0.2) is 109 Å². The number of esters is 3. The molecule has 0 amide bonds. The zero-order chi connectivity index (χ0) is 50.7. The Balaban J connectivity index is 4.57. The van der Waals surface area contributed by atoms with Gasteiger partial charge in [-0.2, -0.15) is 0 Å². The minimum atomic E-state index is -0.834. The topological polar surface area (TPSA) is 78.9 Å². The van der Waals surface area contributed by atoms with Crippen molar-refractivity contribution in [3.05, 3.63) is 109 Å². The van der Waals surface area contributed by atoms with Crippen molar-refractivity contribution in [3.8, 4) is 0 Å². The van der Waals surface area contributed by atoms with Crippen LogP contribution in [0.1, 0.15) is 258 Å². The zero-order valence-electron chi connectivity index (χ0n) is 45.5. The maximum atomic E-state index is 12.8. The second-order valence-corrected chi connectivity index (χ2v) is 18.8. The van der Waals surface area contributed by atoms with E-state index in [2.05, 4.69) is 130 Å². The van der Waals surface area contributed by atoms with Crippen LogP contribution in [0.2, 0.25) is 0 Å². The molecule has 0 aliphatic rings. The van der Waals surface area contributed by atoms with E-state index >= 15 is 0 Å². The number of allylic oxidation sites excluding steroid dienone is 18. The van der Waals surface area contributed by atoms with E-state index in [0.29, 0.717) is 19.3 Å². The van der Waals surface area contributed by atoms with Crippen molar-refractivity contribution in [2.24, 2.45) is 0 Å². The van der Waals surface area contributed by atoms with Gasteiger partial charge in [0, 0.05) is 19.3 Å². The SMILES string of the molecule is CCCCC/C=C\C/C=C\C/C=C\C/C=C\CCCC(=O)OCC(COC(=O)CCCCCCC/C=C\CCCCCCCCCCC)OC(=O)CCC/C=C\C/C=C\C/C=C\C/C=C\CCCCC. The first-order valence-electron chi connectivity index (χ1n) is 28.9. The van der Waals surface area contributed by atoms with Crippen molar-refractivity contribution < 1.29 is 28.6 Å². The van der Waals surface area contributed by atoms with Crippen LogP contribution in [0.4, 0.5) is 0 Å². The molecular formula is C64H106O6. The third-order valence-electron chi connectivity index (χ3n) is 12.0. The molecule has 0 aliphatic heterocycles. The van der Waals surface area contributed by atoms with Crippen LogP contribution in [0.25, 0.3) is 0 Å². The summed E-state index contributed by atoms with van der Waals surface area (Å²) in [5, 5.41) is 0. The van der Waals surface area contributed by atoms with E-state index in [0.717, 1.165) is 83.5 Å². The zero-order valence-corrected chi connectivity index (χ0v) is 45.5. The highest BCUT2D eigenvalue weighted by Crippen LogP contribution is 2.13. The lowest BCUT2D eigenvalue weighted by Crippen LogP contribution is -2.30. The van der Waals surface area contributed by atoms with Gasteiger partial charge >= 0.3 is 17.9 Å². The molecular weight excluding hydrogens is 865 g/mol. The summed E-state index contributed by atoms with van der Waals surface area (Å²) >= 11 is 0. The van der Waals surface area contributed by atoms with Crippen LogP contribution < -0.4 is 0 Å². The summed E-state index contributed by atoms with van der Waals surface area (Å²) in [6, 6.07) is 0. The Hall–Kier alpha value is -3.93. The smallest absolute Gasteiger partial charge is 0.306 e. The second-order valence-electron chi connectivity index (χ2n) is 18.8. The van der Waals surface area contributed by atoms with Crippen molar-refractivity contribution in [2.75, 3.05) is 13.2 Å². The van der Waals surface area contributed by atoms with Gasteiger partial charge in [-0.3, -0.25) is 14.4 Å². The Kier molecular flexibility index (Phi) is 54.4. The molecule has 6 heteroatoms. The lowest BCUT2D eigenvalue weighted by atomic mass is 10.1. The molecule has 6 nitrogen and oxygen atoms in total. The van der Waals surface area contributed by atoms with Gasteiger partial charge in [0.1, 0.15) is 13.2 Å². The lowest BCUT2D eigenvalue weighted by molar-refractivity contribution is -0.167. The third kappa shape index (κ3) is 55.0. The summed E-state index contributed by atoms with van der Waals surface area (Å²) in [5.74, 6) is -1.05. The van der Waals surface area contributed by atoms with Gasteiger partial charge in [0.15, 0.2) is 6.10 Å². The predicted molar refractivity (Wildman–Crippen MR) is 302 cm³/mol. The molecule has 0 saturated carbocycles. The Bertz CT molecular complexity index is 1440. The Labute approximate surface area is 431 Å². The van der Waals surface area contributed by atoms with Crippen molar-refractivity contribution in [1.82, 2.24) is 0 Å². The quantitative estimate of drug-likeness (QED) is 0.0262. The van der Waals surface area contributed by atoms with Gasteiger partial charge in [0.2, 0.25) is 0 Å².